The first-order valence-electron chi connectivity index (χ1n) is 12.5. The summed E-state index contributed by atoms with van der Waals surface area (Å²) in [5.41, 5.74) is 2.94. The summed E-state index contributed by atoms with van der Waals surface area (Å²) in [6.07, 6.45) is 5.20. The first-order valence-corrected chi connectivity index (χ1v) is 12.5. The highest BCUT2D eigenvalue weighted by molar-refractivity contribution is 5.91. The fourth-order valence-electron chi connectivity index (χ4n) is 4.27. The van der Waals surface area contributed by atoms with Crippen LogP contribution in [0, 0.1) is 0 Å². The van der Waals surface area contributed by atoms with Crippen LogP contribution in [0.25, 0.3) is 11.1 Å². The molecule has 1 heterocycles. The highest BCUT2D eigenvalue weighted by Crippen LogP contribution is 2.34. The lowest BCUT2D eigenvalue weighted by atomic mass is 10.00. The summed E-state index contributed by atoms with van der Waals surface area (Å²) in [7, 11) is 0. The van der Waals surface area contributed by atoms with Gasteiger partial charge >= 0.3 is 12.1 Å². The number of allylic oxidation sites excluding steroid dienone is 2. The van der Waals surface area contributed by atoms with Crippen molar-refractivity contribution in [3.8, 4) is 11.1 Å². The van der Waals surface area contributed by atoms with Crippen LogP contribution in [0.3, 0.4) is 0 Å². The van der Waals surface area contributed by atoms with E-state index in [1.54, 1.807) is 12.2 Å². The first kappa shape index (κ1) is 29.1. The van der Waals surface area contributed by atoms with Crippen LogP contribution in [0.4, 0.5) is 4.79 Å². The Balaban J connectivity index is 1.71. The van der Waals surface area contributed by atoms with Gasteiger partial charge in [0.2, 0.25) is 5.91 Å². The third-order valence-electron chi connectivity index (χ3n) is 6.16. The smallest absolute Gasteiger partial charge is 0.410 e. The summed E-state index contributed by atoms with van der Waals surface area (Å²) in [6, 6.07) is 15.8. The molecular weight excluding hydrogens is 500 g/mol. The van der Waals surface area contributed by atoms with Gasteiger partial charge in [0.05, 0.1) is 12.5 Å². The summed E-state index contributed by atoms with van der Waals surface area (Å²) in [5, 5.41) is 10.6. The molecule has 3 rings (SSSR count). The molecule has 2 unspecified atom stereocenters. The second-order valence-electron chi connectivity index (χ2n) is 8.80. The van der Waals surface area contributed by atoms with Crippen molar-refractivity contribution >= 4 is 23.8 Å². The van der Waals surface area contributed by atoms with Gasteiger partial charge in [0.15, 0.2) is 5.78 Å². The van der Waals surface area contributed by atoms with Crippen LogP contribution in [0.1, 0.15) is 30.9 Å². The highest BCUT2D eigenvalue weighted by atomic mass is 16.7. The van der Waals surface area contributed by atoms with E-state index >= 15 is 0 Å². The zero-order chi connectivity index (χ0) is 28.2. The van der Waals surface area contributed by atoms with E-state index in [-0.39, 0.29) is 25.5 Å². The average molecular weight is 533 g/mol. The van der Waals surface area contributed by atoms with Crippen molar-refractivity contribution in [1.82, 2.24) is 9.96 Å². The molecule has 0 bridgehead atoms. The molecule has 1 N–H and O–H groups in total. The number of carbonyl (C=O) groups excluding carboxylic acids is 3. The summed E-state index contributed by atoms with van der Waals surface area (Å²) in [4.78, 5) is 56.6. The molecule has 2 amide bonds. The maximum Gasteiger partial charge on any atom is 0.410 e. The van der Waals surface area contributed by atoms with Gasteiger partial charge in [0, 0.05) is 13.0 Å². The molecule has 0 radical (unpaired) electrons. The molecule has 39 heavy (non-hydrogen) atoms. The molecule has 2 aromatic rings. The van der Waals surface area contributed by atoms with E-state index in [2.05, 4.69) is 13.2 Å². The van der Waals surface area contributed by atoms with Gasteiger partial charge in [-0.15, -0.1) is 6.58 Å². The Hall–Kier alpha value is -4.50. The second-order valence-corrected chi connectivity index (χ2v) is 8.80. The van der Waals surface area contributed by atoms with Crippen molar-refractivity contribution in [3.05, 3.63) is 97.6 Å². The minimum atomic E-state index is -1.38. The maximum atomic E-state index is 13.1. The van der Waals surface area contributed by atoms with Gasteiger partial charge in [0.1, 0.15) is 19.3 Å². The standard InChI is InChI=1S/C30H32N2O7/c1-3-5-9-19-38-30(37)31(18-4-2)26(20-29(35)36)27(33)21-39-32-25(16-17-28(32)34)24-14-12-23(13-15-24)22-10-7-6-8-11-22/h3-15,25-26H,1-2,16-21H2,(H,35,36). The first-order chi connectivity index (χ1) is 18.8. The molecule has 0 spiro atoms. The normalized spacial score (nSPS) is 15.6. The monoisotopic (exact) mass is 532 g/mol. The van der Waals surface area contributed by atoms with Gasteiger partial charge in [-0.25, -0.2) is 9.86 Å². The van der Waals surface area contributed by atoms with Gasteiger partial charge in [-0.05, 0) is 29.2 Å². The molecule has 1 aliphatic rings. The number of Topliss-reactive ketones (excluding diaryl/α,β-unsaturated/α-hetero) is 1. The number of nitrogens with zero attached hydrogens (tertiary/aromatic N) is 2. The molecule has 2 aromatic carbocycles. The van der Waals surface area contributed by atoms with Crippen molar-refractivity contribution < 1.29 is 33.9 Å². The lowest BCUT2D eigenvalue weighted by Gasteiger charge is -2.29. The summed E-state index contributed by atoms with van der Waals surface area (Å²) in [5.74, 6) is -2.25. The molecule has 2 atom stereocenters. The Morgan fingerprint density at radius 2 is 1.77 bits per heavy atom. The Bertz CT molecular complexity index is 1210. The van der Waals surface area contributed by atoms with E-state index in [4.69, 9.17) is 9.57 Å². The summed E-state index contributed by atoms with van der Waals surface area (Å²) >= 11 is 0. The molecule has 1 aliphatic heterocycles. The Morgan fingerprint density at radius 1 is 1.08 bits per heavy atom. The third kappa shape index (κ3) is 7.99. The fraction of sp³-hybridized carbons (Fsp3) is 0.267. The van der Waals surface area contributed by atoms with Gasteiger partial charge in [-0.1, -0.05) is 79.4 Å². The Labute approximate surface area is 227 Å². The highest BCUT2D eigenvalue weighted by Gasteiger charge is 2.36. The lowest BCUT2D eigenvalue weighted by Crippen LogP contribution is -2.48. The van der Waals surface area contributed by atoms with Crippen LogP contribution in [-0.4, -0.2) is 64.6 Å². The average Bonchev–Trinajstić information content (AvgIpc) is 3.32. The zero-order valence-electron chi connectivity index (χ0n) is 21.6. The molecule has 9 heteroatoms. The Morgan fingerprint density at radius 3 is 2.41 bits per heavy atom. The third-order valence-corrected chi connectivity index (χ3v) is 6.16. The SMILES string of the molecule is C=CC=CCOC(=O)N(CC=C)C(CC(=O)O)C(=O)CON1C(=O)CCC1c1ccc(-c2ccccc2)cc1. The minimum Gasteiger partial charge on any atom is -0.481 e. The van der Waals surface area contributed by atoms with Crippen LogP contribution < -0.4 is 0 Å². The number of aliphatic carboxylic acids is 1. The summed E-state index contributed by atoms with van der Waals surface area (Å²) in [6.45, 7) is 6.30. The van der Waals surface area contributed by atoms with Crippen LogP contribution in [0.5, 0.6) is 0 Å². The fourth-order valence-corrected chi connectivity index (χ4v) is 4.27. The molecular formula is C30H32N2O7. The minimum absolute atomic E-state index is 0.0873. The van der Waals surface area contributed by atoms with Crippen LogP contribution in [-0.2, 0) is 24.0 Å². The molecule has 1 saturated heterocycles. The van der Waals surface area contributed by atoms with Gasteiger partial charge in [0.25, 0.3) is 0 Å². The number of carboxylic acid groups (broad SMARTS) is 1. The zero-order valence-corrected chi connectivity index (χ0v) is 21.6. The number of ketones is 1. The predicted molar refractivity (Wildman–Crippen MR) is 145 cm³/mol. The molecule has 204 valence electrons. The van der Waals surface area contributed by atoms with Crippen LogP contribution in [0.2, 0.25) is 0 Å². The number of ether oxygens (including phenoxy) is 1. The van der Waals surface area contributed by atoms with E-state index in [9.17, 15) is 24.3 Å². The molecule has 0 aliphatic carbocycles. The molecule has 0 aromatic heterocycles. The van der Waals surface area contributed by atoms with E-state index in [1.807, 2.05) is 54.6 Å². The number of hydrogen-bond acceptors (Lipinski definition) is 6. The largest absolute Gasteiger partial charge is 0.481 e. The summed E-state index contributed by atoms with van der Waals surface area (Å²) < 4.78 is 5.14. The topological polar surface area (TPSA) is 113 Å². The Kier molecular flexibility index (Phi) is 10.8. The molecule has 9 nitrogen and oxygen atoms in total. The molecule has 0 saturated carbocycles. The second kappa shape index (κ2) is 14.4. The lowest BCUT2D eigenvalue weighted by molar-refractivity contribution is -0.192. The van der Waals surface area contributed by atoms with E-state index in [1.165, 1.54) is 17.2 Å². The van der Waals surface area contributed by atoms with Gasteiger partial charge in [-0.2, -0.15) is 0 Å². The van der Waals surface area contributed by atoms with Crippen LogP contribution in [0.15, 0.2) is 92.1 Å². The van der Waals surface area contributed by atoms with Crippen molar-refractivity contribution in [2.24, 2.45) is 0 Å². The quantitative estimate of drug-likeness (QED) is 0.276. The van der Waals surface area contributed by atoms with Crippen LogP contribution >= 0.6 is 0 Å². The number of rotatable bonds is 14. The number of hydroxylamine groups is 2. The van der Waals surface area contributed by atoms with Crippen molar-refractivity contribution in [2.45, 2.75) is 31.3 Å². The predicted octanol–water partition coefficient (Wildman–Crippen LogP) is 4.73. The van der Waals surface area contributed by atoms with Crippen molar-refractivity contribution in [2.75, 3.05) is 19.8 Å². The van der Waals surface area contributed by atoms with Crippen molar-refractivity contribution in [3.63, 3.8) is 0 Å². The number of hydrogen-bond donors (Lipinski definition) is 1. The van der Waals surface area contributed by atoms with E-state index < -0.39 is 43.0 Å². The van der Waals surface area contributed by atoms with E-state index in [0.717, 1.165) is 21.6 Å². The van der Waals surface area contributed by atoms with Gasteiger partial charge in [-0.3, -0.25) is 24.1 Å². The maximum absolute atomic E-state index is 13.1. The van der Waals surface area contributed by atoms with Crippen molar-refractivity contribution in [1.29, 1.82) is 0 Å². The number of benzene rings is 2. The number of amides is 2. The number of carboxylic acids is 1. The van der Waals surface area contributed by atoms with E-state index in [0.29, 0.717) is 6.42 Å². The number of carbonyl (C=O) groups is 4. The van der Waals surface area contributed by atoms with Gasteiger partial charge < -0.3 is 9.84 Å². The molecule has 1 fully saturated rings.